The molecule has 7 heteroatoms. The van der Waals surface area contributed by atoms with Crippen LogP contribution in [0.2, 0.25) is 0 Å². The van der Waals surface area contributed by atoms with Crippen LogP contribution in [0.4, 0.5) is 0 Å². The number of amides is 1. The number of piperazine rings is 1. The van der Waals surface area contributed by atoms with Gasteiger partial charge in [-0.15, -0.1) is 0 Å². The van der Waals surface area contributed by atoms with Crippen LogP contribution in [0.3, 0.4) is 0 Å². The van der Waals surface area contributed by atoms with Gasteiger partial charge in [0.05, 0.1) is 17.6 Å². The molecule has 0 aliphatic carbocycles. The highest BCUT2D eigenvalue weighted by Crippen LogP contribution is 2.09. The number of fused-ring (bicyclic) bond motifs is 1. The highest BCUT2D eigenvalue weighted by Gasteiger charge is 2.21. The summed E-state index contributed by atoms with van der Waals surface area (Å²) in [5, 5.41) is 0. The summed E-state index contributed by atoms with van der Waals surface area (Å²) in [5.41, 5.74) is 1.58. The predicted molar refractivity (Wildman–Crippen MR) is 94.4 cm³/mol. The topological polar surface area (TPSA) is 86.4 Å². The van der Waals surface area contributed by atoms with E-state index in [0.29, 0.717) is 50.4 Å². The molecule has 2 heterocycles. The Hall–Kier alpha value is -2.54. The van der Waals surface area contributed by atoms with Crippen LogP contribution < -0.4 is 5.56 Å². The molecule has 0 spiro atoms. The Morgan fingerprint density at radius 3 is 2.60 bits per heavy atom. The summed E-state index contributed by atoms with van der Waals surface area (Å²) in [6.07, 6.45) is 0.591. The van der Waals surface area contributed by atoms with E-state index < -0.39 is 0 Å². The van der Waals surface area contributed by atoms with Crippen molar-refractivity contribution in [3.05, 3.63) is 40.3 Å². The molecule has 1 aromatic carbocycles. The number of hydrogen-bond donors (Lipinski definition) is 1. The number of carbonyl (C=O) groups is 2. The van der Waals surface area contributed by atoms with Gasteiger partial charge in [0.15, 0.2) is 0 Å². The Bertz CT molecular complexity index is 838. The number of hydrogen-bond acceptors (Lipinski definition) is 5. The molecule has 0 saturated carbocycles. The molecule has 2 aromatic rings. The van der Waals surface area contributed by atoms with Gasteiger partial charge in [-0.1, -0.05) is 12.1 Å². The lowest BCUT2D eigenvalue weighted by Gasteiger charge is -2.34. The summed E-state index contributed by atoms with van der Waals surface area (Å²) in [6, 6.07) is 7.35. The summed E-state index contributed by atoms with van der Waals surface area (Å²) in [5.74, 6) is 0.165. The van der Waals surface area contributed by atoms with E-state index >= 15 is 0 Å². The normalized spacial score (nSPS) is 15.5. The van der Waals surface area contributed by atoms with Gasteiger partial charge >= 0.3 is 0 Å². The average molecular weight is 342 g/mol. The molecule has 0 atom stereocenters. The molecule has 1 fully saturated rings. The maximum atomic E-state index is 12.4. The Morgan fingerprint density at radius 2 is 1.88 bits per heavy atom. The number of Topliss-reactive ketones (excluding diaryl/α,β-unsaturated/α-hetero) is 1. The van der Waals surface area contributed by atoms with Gasteiger partial charge in [0.25, 0.3) is 5.56 Å². The first kappa shape index (κ1) is 17.3. The third-order valence-electron chi connectivity index (χ3n) is 4.42. The molecule has 0 unspecified atom stereocenters. The standard InChI is InChI=1S/C18H22N4O3/c1-13(23)12-21-8-10-22(11-9-21)17(24)7-6-16-18(25)20-15-5-3-2-4-14(15)19-16/h2-5H,6-12H2,1H3,(H,20,25). The van der Waals surface area contributed by atoms with Crippen molar-refractivity contribution in [3.8, 4) is 0 Å². The number of benzene rings is 1. The quantitative estimate of drug-likeness (QED) is 0.859. The molecule has 25 heavy (non-hydrogen) atoms. The van der Waals surface area contributed by atoms with Crippen LogP contribution in [-0.4, -0.2) is 64.2 Å². The minimum Gasteiger partial charge on any atom is -0.340 e. The van der Waals surface area contributed by atoms with Gasteiger partial charge in [-0.2, -0.15) is 0 Å². The zero-order valence-electron chi connectivity index (χ0n) is 14.3. The minimum atomic E-state index is -0.238. The number of ketones is 1. The van der Waals surface area contributed by atoms with Crippen molar-refractivity contribution in [3.63, 3.8) is 0 Å². The summed E-state index contributed by atoms with van der Waals surface area (Å²) in [4.78, 5) is 46.6. The molecule has 132 valence electrons. The molecule has 7 nitrogen and oxygen atoms in total. The second kappa shape index (κ2) is 7.57. The summed E-state index contributed by atoms with van der Waals surface area (Å²) >= 11 is 0. The second-order valence-electron chi connectivity index (χ2n) is 6.39. The molecule has 1 saturated heterocycles. The van der Waals surface area contributed by atoms with E-state index in [1.54, 1.807) is 17.9 Å². The lowest BCUT2D eigenvalue weighted by Crippen LogP contribution is -2.49. The highest BCUT2D eigenvalue weighted by atomic mass is 16.2. The van der Waals surface area contributed by atoms with E-state index in [1.165, 1.54) is 0 Å². The van der Waals surface area contributed by atoms with Crippen molar-refractivity contribution in [2.24, 2.45) is 0 Å². The number of para-hydroxylation sites is 2. The Balaban J connectivity index is 1.57. The fourth-order valence-electron chi connectivity index (χ4n) is 3.09. The van der Waals surface area contributed by atoms with Crippen LogP contribution >= 0.6 is 0 Å². The molecule has 3 rings (SSSR count). The number of nitrogens with one attached hydrogen (secondary N) is 1. The largest absolute Gasteiger partial charge is 0.340 e. The van der Waals surface area contributed by atoms with Crippen LogP contribution in [0.5, 0.6) is 0 Å². The number of aromatic nitrogens is 2. The van der Waals surface area contributed by atoms with Gasteiger partial charge in [0.2, 0.25) is 5.91 Å². The predicted octanol–water partition coefficient (Wildman–Crippen LogP) is 0.589. The molecule has 1 aliphatic heterocycles. The maximum Gasteiger partial charge on any atom is 0.270 e. The number of rotatable bonds is 5. The molecule has 1 aromatic heterocycles. The second-order valence-corrected chi connectivity index (χ2v) is 6.39. The van der Waals surface area contributed by atoms with Crippen molar-refractivity contribution in [2.75, 3.05) is 32.7 Å². The number of aryl methyl sites for hydroxylation is 1. The SMILES string of the molecule is CC(=O)CN1CCN(C(=O)CCc2nc3ccccc3[nH]c2=O)CC1. The Labute approximate surface area is 145 Å². The van der Waals surface area contributed by atoms with E-state index in [-0.39, 0.29) is 23.7 Å². The molecular weight excluding hydrogens is 320 g/mol. The van der Waals surface area contributed by atoms with Crippen LogP contribution in [0.25, 0.3) is 11.0 Å². The van der Waals surface area contributed by atoms with Crippen molar-refractivity contribution < 1.29 is 9.59 Å². The summed E-state index contributed by atoms with van der Waals surface area (Å²) in [6.45, 7) is 4.67. The smallest absolute Gasteiger partial charge is 0.270 e. The first-order valence-electron chi connectivity index (χ1n) is 8.50. The Morgan fingerprint density at radius 1 is 1.16 bits per heavy atom. The van der Waals surface area contributed by atoms with Gasteiger partial charge in [0, 0.05) is 39.0 Å². The number of carbonyl (C=O) groups excluding carboxylic acids is 2. The van der Waals surface area contributed by atoms with Crippen molar-refractivity contribution in [1.82, 2.24) is 19.8 Å². The number of aromatic amines is 1. The van der Waals surface area contributed by atoms with E-state index in [9.17, 15) is 14.4 Å². The average Bonchev–Trinajstić information content (AvgIpc) is 2.59. The fraction of sp³-hybridized carbons (Fsp3) is 0.444. The minimum absolute atomic E-state index is 0.0248. The molecule has 1 amide bonds. The van der Waals surface area contributed by atoms with Crippen LogP contribution in [0.15, 0.2) is 29.1 Å². The monoisotopic (exact) mass is 342 g/mol. The van der Waals surface area contributed by atoms with Crippen molar-refractivity contribution in [2.45, 2.75) is 19.8 Å². The van der Waals surface area contributed by atoms with Crippen LogP contribution in [0, 0.1) is 0 Å². The zero-order chi connectivity index (χ0) is 17.8. The third kappa shape index (κ3) is 4.30. The van der Waals surface area contributed by atoms with E-state index in [2.05, 4.69) is 14.9 Å². The molecule has 1 aliphatic rings. The lowest BCUT2D eigenvalue weighted by atomic mass is 10.2. The van der Waals surface area contributed by atoms with Crippen molar-refractivity contribution >= 4 is 22.7 Å². The fourth-order valence-corrected chi connectivity index (χ4v) is 3.09. The van der Waals surface area contributed by atoms with Crippen LogP contribution in [-0.2, 0) is 16.0 Å². The molecule has 1 N–H and O–H groups in total. The van der Waals surface area contributed by atoms with E-state index in [0.717, 1.165) is 5.52 Å². The van der Waals surface area contributed by atoms with Gasteiger partial charge in [-0.3, -0.25) is 19.3 Å². The van der Waals surface area contributed by atoms with E-state index in [4.69, 9.17) is 0 Å². The maximum absolute atomic E-state index is 12.4. The zero-order valence-corrected chi connectivity index (χ0v) is 14.3. The first-order valence-corrected chi connectivity index (χ1v) is 8.50. The first-order chi connectivity index (χ1) is 12.0. The lowest BCUT2D eigenvalue weighted by molar-refractivity contribution is -0.133. The molecular formula is C18H22N4O3. The summed E-state index contributed by atoms with van der Waals surface area (Å²) < 4.78 is 0. The van der Waals surface area contributed by atoms with Gasteiger partial charge in [0.1, 0.15) is 11.5 Å². The Kier molecular flexibility index (Phi) is 5.23. The van der Waals surface area contributed by atoms with Gasteiger partial charge in [-0.05, 0) is 19.1 Å². The summed E-state index contributed by atoms with van der Waals surface area (Å²) in [7, 11) is 0. The third-order valence-corrected chi connectivity index (χ3v) is 4.42. The number of H-pyrrole nitrogens is 1. The van der Waals surface area contributed by atoms with Crippen molar-refractivity contribution in [1.29, 1.82) is 0 Å². The van der Waals surface area contributed by atoms with Crippen LogP contribution in [0.1, 0.15) is 19.0 Å². The molecule has 0 radical (unpaired) electrons. The van der Waals surface area contributed by atoms with E-state index in [1.807, 2.05) is 18.2 Å². The van der Waals surface area contributed by atoms with Gasteiger partial charge < -0.3 is 9.88 Å². The van der Waals surface area contributed by atoms with Gasteiger partial charge in [-0.25, -0.2) is 4.98 Å². The number of nitrogens with zero attached hydrogens (tertiary/aromatic N) is 3. The highest BCUT2D eigenvalue weighted by molar-refractivity contribution is 5.78. The molecule has 0 bridgehead atoms.